The van der Waals surface area contributed by atoms with Gasteiger partial charge in [0, 0.05) is 12.6 Å². The number of rotatable bonds is 6. The first-order chi connectivity index (χ1) is 7.63. The lowest BCUT2D eigenvalue weighted by molar-refractivity contribution is 0.0689. The van der Waals surface area contributed by atoms with Gasteiger partial charge in [-0.25, -0.2) is 4.79 Å². The first kappa shape index (κ1) is 12.4. The molecule has 0 spiro atoms. The Morgan fingerprint density at radius 3 is 2.75 bits per heavy atom. The minimum atomic E-state index is -1.09. The first-order valence-electron chi connectivity index (χ1n) is 5.08. The predicted octanol–water partition coefficient (Wildman–Crippen LogP) is 0.748. The molecule has 0 aliphatic rings. The van der Waals surface area contributed by atoms with Crippen molar-refractivity contribution >= 4 is 11.8 Å². The van der Waals surface area contributed by atoms with E-state index >= 15 is 0 Å². The summed E-state index contributed by atoms with van der Waals surface area (Å²) in [7, 11) is 0. The summed E-state index contributed by atoms with van der Waals surface area (Å²) in [6, 6.07) is 3.14. The van der Waals surface area contributed by atoms with Gasteiger partial charge in [-0.2, -0.15) is 0 Å². The summed E-state index contributed by atoms with van der Waals surface area (Å²) in [4.78, 5) is 10.5. The second-order valence-corrected chi connectivity index (χ2v) is 3.52. The normalized spacial score (nSPS) is 12.1. The Kier molecular flexibility index (Phi) is 4.65. The van der Waals surface area contributed by atoms with Gasteiger partial charge in [-0.15, -0.1) is 10.2 Å². The van der Waals surface area contributed by atoms with Crippen molar-refractivity contribution in [2.75, 3.05) is 11.9 Å². The molecule has 1 heterocycles. The Labute approximate surface area is 93.3 Å². The molecule has 88 valence electrons. The molecule has 0 radical (unpaired) electrons. The monoisotopic (exact) mass is 225 g/mol. The number of carboxylic acids is 1. The Bertz CT molecular complexity index is 340. The summed E-state index contributed by atoms with van der Waals surface area (Å²) in [5.41, 5.74) is -0.0754. The van der Waals surface area contributed by atoms with Crippen LogP contribution in [0.3, 0.4) is 0 Å². The molecule has 0 amide bonds. The summed E-state index contributed by atoms with van der Waals surface area (Å²) < 4.78 is 0. The molecule has 1 unspecified atom stereocenters. The maximum Gasteiger partial charge on any atom is 0.356 e. The van der Waals surface area contributed by atoms with Gasteiger partial charge >= 0.3 is 5.97 Å². The quantitative estimate of drug-likeness (QED) is 0.661. The molecule has 1 rings (SSSR count). The molecule has 1 aromatic rings. The van der Waals surface area contributed by atoms with E-state index in [1.165, 1.54) is 6.07 Å². The van der Waals surface area contributed by atoms with Crippen LogP contribution in [0.2, 0.25) is 0 Å². The Morgan fingerprint density at radius 2 is 2.25 bits per heavy atom. The Morgan fingerprint density at radius 1 is 1.50 bits per heavy atom. The number of anilines is 1. The number of aliphatic hydroxyl groups excluding tert-OH is 1. The molecular weight excluding hydrogens is 210 g/mol. The zero-order valence-corrected chi connectivity index (χ0v) is 9.05. The van der Waals surface area contributed by atoms with Crippen LogP contribution in [0.25, 0.3) is 0 Å². The van der Waals surface area contributed by atoms with Crippen LogP contribution in [-0.2, 0) is 0 Å². The number of nitrogens with one attached hydrogen (secondary N) is 1. The van der Waals surface area contributed by atoms with Crippen LogP contribution in [-0.4, -0.2) is 39.0 Å². The molecule has 3 N–H and O–H groups in total. The van der Waals surface area contributed by atoms with Crippen LogP contribution in [0.5, 0.6) is 0 Å². The van der Waals surface area contributed by atoms with E-state index in [9.17, 15) is 4.79 Å². The highest BCUT2D eigenvalue weighted by Gasteiger charge is 2.06. The molecule has 0 saturated heterocycles. The van der Waals surface area contributed by atoms with Gasteiger partial charge in [0.1, 0.15) is 5.82 Å². The molecule has 0 aliphatic carbocycles. The van der Waals surface area contributed by atoms with E-state index in [-0.39, 0.29) is 18.3 Å². The van der Waals surface area contributed by atoms with Gasteiger partial charge in [0.2, 0.25) is 0 Å². The Hall–Kier alpha value is -1.69. The van der Waals surface area contributed by atoms with Gasteiger partial charge in [0.15, 0.2) is 5.69 Å². The molecule has 0 aliphatic heterocycles. The number of nitrogens with zero attached hydrogens (tertiary/aromatic N) is 2. The van der Waals surface area contributed by atoms with Gasteiger partial charge < -0.3 is 15.5 Å². The van der Waals surface area contributed by atoms with E-state index < -0.39 is 5.97 Å². The molecule has 0 aromatic carbocycles. The topological polar surface area (TPSA) is 95.3 Å². The lowest BCUT2D eigenvalue weighted by Gasteiger charge is -2.12. The fourth-order valence-corrected chi connectivity index (χ4v) is 1.25. The zero-order valence-electron chi connectivity index (χ0n) is 9.05. The van der Waals surface area contributed by atoms with Crippen LogP contribution in [0, 0.1) is 0 Å². The Balaban J connectivity index is 2.51. The average molecular weight is 225 g/mol. The minimum absolute atomic E-state index is 0.0754. The minimum Gasteiger partial charge on any atom is -0.476 e. The van der Waals surface area contributed by atoms with Crippen molar-refractivity contribution in [1.82, 2.24) is 10.2 Å². The summed E-state index contributed by atoms with van der Waals surface area (Å²) in [6.07, 6.45) is 1.54. The van der Waals surface area contributed by atoms with Crippen molar-refractivity contribution < 1.29 is 15.0 Å². The third kappa shape index (κ3) is 3.82. The van der Waals surface area contributed by atoms with Crippen molar-refractivity contribution in [1.29, 1.82) is 0 Å². The number of aliphatic hydroxyl groups is 1. The average Bonchev–Trinajstić information content (AvgIpc) is 2.27. The fraction of sp³-hybridized carbons (Fsp3) is 0.500. The molecule has 6 heteroatoms. The van der Waals surface area contributed by atoms with Gasteiger partial charge in [0.25, 0.3) is 0 Å². The standard InChI is InChI=1S/C10H15N3O3/c1-7(3-2-6-14)11-9-5-4-8(10(15)16)12-13-9/h4-5,7,14H,2-3,6H2,1H3,(H,11,13)(H,15,16). The highest BCUT2D eigenvalue weighted by atomic mass is 16.4. The molecule has 6 nitrogen and oxygen atoms in total. The molecule has 0 fully saturated rings. The maximum atomic E-state index is 10.5. The highest BCUT2D eigenvalue weighted by molar-refractivity contribution is 5.85. The van der Waals surface area contributed by atoms with Crippen molar-refractivity contribution in [3.8, 4) is 0 Å². The smallest absolute Gasteiger partial charge is 0.356 e. The fourth-order valence-electron chi connectivity index (χ4n) is 1.25. The number of carbonyl (C=O) groups is 1. The summed E-state index contributed by atoms with van der Waals surface area (Å²) in [5, 5.41) is 27.6. The highest BCUT2D eigenvalue weighted by Crippen LogP contribution is 2.06. The summed E-state index contributed by atoms with van der Waals surface area (Å²) in [6.45, 7) is 2.12. The van der Waals surface area contributed by atoms with Crippen molar-refractivity contribution in [2.45, 2.75) is 25.8 Å². The second kappa shape index (κ2) is 6.02. The van der Waals surface area contributed by atoms with E-state index in [1.807, 2.05) is 6.92 Å². The SMILES string of the molecule is CC(CCCO)Nc1ccc(C(=O)O)nn1. The largest absolute Gasteiger partial charge is 0.476 e. The third-order valence-corrected chi connectivity index (χ3v) is 2.07. The molecule has 1 aromatic heterocycles. The molecule has 0 bridgehead atoms. The zero-order chi connectivity index (χ0) is 12.0. The van der Waals surface area contributed by atoms with E-state index in [0.717, 1.165) is 12.8 Å². The van der Waals surface area contributed by atoms with Crippen LogP contribution in [0.15, 0.2) is 12.1 Å². The number of hydrogen-bond acceptors (Lipinski definition) is 5. The lowest BCUT2D eigenvalue weighted by Crippen LogP contribution is -2.17. The predicted molar refractivity (Wildman–Crippen MR) is 58.4 cm³/mol. The maximum absolute atomic E-state index is 10.5. The van der Waals surface area contributed by atoms with Gasteiger partial charge in [0.05, 0.1) is 0 Å². The van der Waals surface area contributed by atoms with Crippen LogP contribution >= 0.6 is 0 Å². The van der Waals surface area contributed by atoms with Crippen molar-refractivity contribution in [2.24, 2.45) is 0 Å². The van der Waals surface area contributed by atoms with Crippen LogP contribution < -0.4 is 5.32 Å². The molecule has 1 atom stereocenters. The molecule has 0 saturated carbocycles. The number of aromatic nitrogens is 2. The number of carboxylic acid groups (broad SMARTS) is 1. The third-order valence-electron chi connectivity index (χ3n) is 2.07. The van der Waals surface area contributed by atoms with E-state index in [2.05, 4.69) is 15.5 Å². The van der Waals surface area contributed by atoms with E-state index in [1.54, 1.807) is 6.07 Å². The van der Waals surface area contributed by atoms with Crippen LogP contribution in [0.1, 0.15) is 30.3 Å². The van der Waals surface area contributed by atoms with Crippen molar-refractivity contribution in [3.05, 3.63) is 17.8 Å². The summed E-state index contributed by atoms with van der Waals surface area (Å²) in [5.74, 6) is -0.553. The van der Waals surface area contributed by atoms with Gasteiger partial charge in [-0.05, 0) is 31.9 Å². The van der Waals surface area contributed by atoms with E-state index in [0.29, 0.717) is 5.82 Å². The lowest BCUT2D eigenvalue weighted by atomic mass is 10.2. The first-order valence-corrected chi connectivity index (χ1v) is 5.08. The van der Waals surface area contributed by atoms with Crippen molar-refractivity contribution in [3.63, 3.8) is 0 Å². The van der Waals surface area contributed by atoms with Gasteiger partial charge in [-0.3, -0.25) is 0 Å². The number of aromatic carboxylic acids is 1. The second-order valence-electron chi connectivity index (χ2n) is 3.52. The van der Waals surface area contributed by atoms with Crippen LogP contribution in [0.4, 0.5) is 5.82 Å². The van der Waals surface area contributed by atoms with E-state index in [4.69, 9.17) is 10.2 Å². The van der Waals surface area contributed by atoms with Gasteiger partial charge in [-0.1, -0.05) is 0 Å². The molecular formula is C10H15N3O3. The number of hydrogen-bond donors (Lipinski definition) is 3. The summed E-state index contributed by atoms with van der Waals surface area (Å²) >= 11 is 0. The molecule has 16 heavy (non-hydrogen) atoms.